The molecule has 1 aromatic heterocycles. The normalized spacial score (nSPS) is 12.4. The molecule has 0 aliphatic carbocycles. The number of nitrogens with two attached hydrogens (primary N) is 1. The fourth-order valence-corrected chi connectivity index (χ4v) is 1.88. The molecule has 0 aliphatic rings. The maximum absolute atomic E-state index is 11.5. The second-order valence-corrected chi connectivity index (χ2v) is 4.19. The lowest BCUT2D eigenvalue weighted by molar-refractivity contribution is -0.122. The third-order valence-corrected chi connectivity index (χ3v) is 2.97. The summed E-state index contributed by atoms with van der Waals surface area (Å²) in [7, 11) is 0. The maximum atomic E-state index is 11.5. The highest BCUT2D eigenvalue weighted by Gasteiger charge is 2.15. The summed E-state index contributed by atoms with van der Waals surface area (Å²) in [6, 6.07) is 3.15. The summed E-state index contributed by atoms with van der Waals surface area (Å²) >= 11 is 1.48. The summed E-state index contributed by atoms with van der Waals surface area (Å²) in [5.74, 6) is -0.157. The van der Waals surface area contributed by atoms with Gasteiger partial charge < -0.3 is 16.2 Å². The highest BCUT2D eigenvalue weighted by molar-refractivity contribution is 7.10. The molecule has 0 saturated carbocycles. The van der Waals surface area contributed by atoms with Gasteiger partial charge in [-0.25, -0.2) is 0 Å². The van der Waals surface area contributed by atoms with Crippen molar-refractivity contribution in [2.24, 2.45) is 5.73 Å². The fraction of sp³-hybridized carbons (Fsp3) is 0.500. The van der Waals surface area contributed by atoms with Crippen LogP contribution in [0.1, 0.15) is 23.8 Å². The molecule has 4 nitrogen and oxygen atoms in total. The van der Waals surface area contributed by atoms with Crippen LogP contribution in [0.25, 0.3) is 0 Å². The van der Waals surface area contributed by atoms with Crippen molar-refractivity contribution in [1.82, 2.24) is 5.32 Å². The van der Waals surface area contributed by atoms with Crippen LogP contribution in [0.3, 0.4) is 0 Å². The van der Waals surface area contributed by atoms with Gasteiger partial charge in [0.1, 0.15) is 6.04 Å². The van der Waals surface area contributed by atoms with Gasteiger partial charge in [-0.05, 0) is 24.3 Å². The molecule has 0 spiro atoms. The lowest BCUT2D eigenvalue weighted by atomic mass is 10.2. The Morgan fingerprint density at radius 1 is 1.60 bits per heavy atom. The Kier molecular flexibility index (Phi) is 5.31. The molecule has 1 rings (SSSR count). The Morgan fingerprint density at radius 3 is 3.00 bits per heavy atom. The van der Waals surface area contributed by atoms with Gasteiger partial charge in [-0.15, -0.1) is 11.3 Å². The minimum absolute atomic E-state index is 0.157. The van der Waals surface area contributed by atoms with E-state index in [0.717, 1.165) is 11.3 Å². The number of thiophene rings is 1. The van der Waals surface area contributed by atoms with Gasteiger partial charge in [0.2, 0.25) is 5.91 Å². The van der Waals surface area contributed by atoms with Gasteiger partial charge >= 0.3 is 0 Å². The third kappa shape index (κ3) is 3.99. The molecular weight excluding hydrogens is 212 g/mol. The number of carbonyl (C=O) groups is 1. The quantitative estimate of drug-likeness (QED) is 0.625. The molecule has 0 bridgehead atoms. The summed E-state index contributed by atoms with van der Waals surface area (Å²) in [5, 5.41) is 13.2. The number of hydrogen-bond acceptors (Lipinski definition) is 4. The standard InChI is InChI=1S/C10H16N2O2S/c11-9(8-4-3-7-15-8)10(14)12-5-1-2-6-13/h3-4,7,9,13H,1-2,5-6,11H2,(H,12,14). The van der Waals surface area contributed by atoms with Gasteiger partial charge in [0.25, 0.3) is 0 Å². The van der Waals surface area contributed by atoms with Crippen LogP contribution in [0.15, 0.2) is 17.5 Å². The van der Waals surface area contributed by atoms with E-state index in [4.69, 9.17) is 10.8 Å². The van der Waals surface area contributed by atoms with Crippen molar-refractivity contribution in [3.05, 3.63) is 22.4 Å². The van der Waals surface area contributed by atoms with Crippen LogP contribution in [0.4, 0.5) is 0 Å². The zero-order valence-corrected chi connectivity index (χ0v) is 9.30. The largest absolute Gasteiger partial charge is 0.396 e. The van der Waals surface area contributed by atoms with Gasteiger partial charge in [0, 0.05) is 18.0 Å². The zero-order valence-electron chi connectivity index (χ0n) is 8.48. The first-order valence-electron chi connectivity index (χ1n) is 4.93. The van der Waals surface area contributed by atoms with E-state index in [9.17, 15) is 4.79 Å². The Balaban J connectivity index is 2.28. The Bertz CT molecular complexity index is 288. The average molecular weight is 228 g/mol. The van der Waals surface area contributed by atoms with E-state index < -0.39 is 6.04 Å². The molecule has 1 unspecified atom stereocenters. The maximum Gasteiger partial charge on any atom is 0.242 e. The first kappa shape index (κ1) is 12.2. The second kappa shape index (κ2) is 6.55. The van der Waals surface area contributed by atoms with E-state index in [-0.39, 0.29) is 12.5 Å². The SMILES string of the molecule is NC(C(=O)NCCCCO)c1cccs1. The summed E-state index contributed by atoms with van der Waals surface area (Å²) in [4.78, 5) is 12.4. The number of aliphatic hydroxyl groups excluding tert-OH is 1. The Morgan fingerprint density at radius 2 is 2.40 bits per heavy atom. The molecule has 0 radical (unpaired) electrons. The van der Waals surface area contributed by atoms with E-state index >= 15 is 0 Å². The molecule has 1 amide bonds. The number of nitrogens with one attached hydrogen (secondary N) is 1. The number of hydrogen-bond donors (Lipinski definition) is 3. The topological polar surface area (TPSA) is 75.4 Å². The van der Waals surface area contributed by atoms with Crippen molar-refractivity contribution in [2.45, 2.75) is 18.9 Å². The molecule has 1 atom stereocenters. The average Bonchev–Trinajstić information content (AvgIpc) is 2.76. The van der Waals surface area contributed by atoms with Crippen LogP contribution in [-0.4, -0.2) is 24.2 Å². The minimum atomic E-state index is -0.570. The molecule has 1 heterocycles. The lowest BCUT2D eigenvalue weighted by Crippen LogP contribution is -2.34. The van der Waals surface area contributed by atoms with Crippen molar-refractivity contribution in [2.75, 3.05) is 13.2 Å². The molecular formula is C10H16N2O2S. The Labute approximate surface area is 93.1 Å². The van der Waals surface area contributed by atoms with Crippen LogP contribution in [0, 0.1) is 0 Å². The van der Waals surface area contributed by atoms with E-state index in [2.05, 4.69) is 5.32 Å². The third-order valence-electron chi connectivity index (χ3n) is 2.02. The molecule has 4 N–H and O–H groups in total. The van der Waals surface area contributed by atoms with Crippen LogP contribution < -0.4 is 11.1 Å². The smallest absolute Gasteiger partial charge is 0.242 e. The highest BCUT2D eigenvalue weighted by atomic mass is 32.1. The molecule has 0 fully saturated rings. The summed E-state index contributed by atoms with van der Waals surface area (Å²) < 4.78 is 0. The number of aliphatic hydroxyl groups is 1. The molecule has 5 heteroatoms. The van der Waals surface area contributed by atoms with Gasteiger partial charge in [0.05, 0.1) is 0 Å². The van der Waals surface area contributed by atoms with Gasteiger partial charge in [-0.3, -0.25) is 4.79 Å². The van der Waals surface area contributed by atoms with E-state index in [1.165, 1.54) is 11.3 Å². The molecule has 0 aliphatic heterocycles. The monoisotopic (exact) mass is 228 g/mol. The van der Waals surface area contributed by atoms with Crippen molar-refractivity contribution in [3.8, 4) is 0 Å². The van der Waals surface area contributed by atoms with Crippen molar-refractivity contribution >= 4 is 17.2 Å². The van der Waals surface area contributed by atoms with E-state index in [0.29, 0.717) is 13.0 Å². The number of rotatable bonds is 6. The molecule has 0 saturated heterocycles. The van der Waals surface area contributed by atoms with Crippen molar-refractivity contribution < 1.29 is 9.90 Å². The Hall–Kier alpha value is -0.910. The lowest BCUT2D eigenvalue weighted by Gasteiger charge is -2.10. The number of amides is 1. The predicted molar refractivity (Wildman–Crippen MR) is 60.6 cm³/mol. The predicted octanol–water partition coefficient (Wildman–Crippen LogP) is 0.637. The van der Waals surface area contributed by atoms with Gasteiger partial charge in [-0.2, -0.15) is 0 Å². The second-order valence-electron chi connectivity index (χ2n) is 3.21. The van der Waals surface area contributed by atoms with Crippen molar-refractivity contribution in [1.29, 1.82) is 0 Å². The van der Waals surface area contributed by atoms with E-state index in [1.54, 1.807) is 0 Å². The first-order chi connectivity index (χ1) is 7.25. The number of carbonyl (C=O) groups excluding carboxylic acids is 1. The van der Waals surface area contributed by atoms with Gasteiger partial charge in [0.15, 0.2) is 0 Å². The molecule has 84 valence electrons. The van der Waals surface area contributed by atoms with Crippen LogP contribution in [0.2, 0.25) is 0 Å². The van der Waals surface area contributed by atoms with Gasteiger partial charge in [-0.1, -0.05) is 6.07 Å². The molecule has 0 aromatic carbocycles. The highest BCUT2D eigenvalue weighted by Crippen LogP contribution is 2.16. The minimum Gasteiger partial charge on any atom is -0.396 e. The van der Waals surface area contributed by atoms with Crippen LogP contribution >= 0.6 is 11.3 Å². The first-order valence-corrected chi connectivity index (χ1v) is 5.81. The zero-order chi connectivity index (χ0) is 11.1. The molecule has 15 heavy (non-hydrogen) atoms. The van der Waals surface area contributed by atoms with E-state index in [1.807, 2.05) is 17.5 Å². The summed E-state index contributed by atoms with van der Waals surface area (Å²) in [5.41, 5.74) is 5.75. The van der Waals surface area contributed by atoms with Crippen molar-refractivity contribution in [3.63, 3.8) is 0 Å². The molecule has 1 aromatic rings. The summed E-state index contributed by atoms with van der Waals surface area (Å²) in [6.45, 7) is 0.727. The fourth-order valence-electron chi connectivity index (χ4n) is 1.16. The van der Waals surface area contributed by atoms with Crippen LogP contribution in [0.5, 0.6) is 0 Å². The summed E-state index contributed by atoms with van der Waals surface area (Å²) in [6.07, 6.45) is 1.48. The number of unbranched alkanes of at least 4 members (excludes halogenated alkanes) is 1. The van der Waals surface area contributed by atoms with Crippen LogP contribution in [-0.2, 0) is 4.79 Å².